The van der Waals surface area contributed by atoms with E-state index in [1.165, 1.54) is 0 Å². The minimum atomic E-state index is 0.674. The van der Waals surface area contributed by atoms with Gasteiger partial charge >= 0.3 is 0 Å². The lowest BCUT2D eigenvalue weighted by Crippen LogP contribution is -2.08. The summed E-state index contributed by atoms with van der Waals surface area (Å²) in [7, 11) is 0. The second kappa shape index (κ2) is 5.14. The molecule has 0 unspecified atom stereocenters. The number of pyridine rings is 1. The van der Waals surface area contributed by atoms with Gasteiger partial charge in [0.1, 0.15) is 5.82 Å². The number of nitrogens with zero attached hydrogens (tertiary/aromatic N) is 1. The highest BCUT2D eigenvalue weighted by Gasteiger charge is 2.07. The van der Waals surface area contributed by atoms with Gasteiger partial charge in [0, 0.05) is 8.96 Å². The Morgan fingerprint density at radius 1 is 1.00 bits per heavy atom. The molecule has 0 atom stereocenters. The standard InChI is InChI=1S/C15H12IN3/c16-11-6-7-12-13(10-4-2-1-3-5-10)9-15(19-17)18-14(12)8-11/h1-9H,17H2,(H,18,19). The zero-order valence-corrected chi connectivity index (χ0v) is 12.3. The van der Waals surface area contributed by atoms with Crippen molar-refractivity contribution in [3.05, 3.63) is 58.2 Å². The van der Waals surface area contributed by atoms with Crippen molar-refractivity contribution >= 4 is 39.3 Å². The van der Waals surface area contributed by atoms with Crippen LogP contribution in [0.25, 0.3) is 22.0 Å². The summed E-state index contributed by atoms with van der Waals surface area (Å²) < 4.78 is 1.16. The molecule has 94 valence electrons. The second-order valence-electron chi connectivity index (χ2n) is 4.23. The normalized spacial score (nSPS) is 10.6. The summed E-state index contributed by atoms with van der Waals surface area (Å²) in [6.07, 6.45) is 0. The van der Waals surface area contributed by atoms with Gasteiger partial charge in [0.05, 0.1) is 5.52 Å². The van der Waals surface area contributed by atoms with Crippen LogP contribution in [0.4, 0.5) is 5.82 Å². The smallest absolute Gasteiger partial charge is 0.141 e. The van der Waals surface area contributed by atoms with E-state index < -0.39 is 0 Å². The quantitative estimate of drug-likeness (QED) is 0.415. The van der Waals surface area contributed by atoms with Crippen LogP contribution in [0.1, 0.15) is 0 Å². The van der Waals surface area contributed by atoms with Gasteiger partial charge in [-0.05, 0) is 51.9 Å². The van der Waals surface area contributed by atoms with Gasteiger partial charge in [-0.2, -0.15) is 0 Å². The molecule has 0 saturated heterocycles. The van der Waals surface area contributed by atoms with Gasteiger partial charge in [0.15, 0.2) is 0 Å². The third kappa shape index (κ3) is 2.41. The third-order valence-corrected chi connectivity index (χ3v) is 3.68. The fourth-order valence-electron chi connectivity index (χ4n) is 2.13. The maximum Gasteiger partial charge on any atom is 0.141 e. The molecule has 0 radical (unpaired) electrons. The van der Waals surface area contributed by atoms with Crippen molar-refractivity contribution in [3.8, 4) is 11.1 Å². The van der Waals surface area contributed by atoms with Crippen LogP contribution in [-0.4, -0.2) is 4.98 Å². The van der Waals surface area contributed by atoms with Gasteiger partial charge in [-0.1, -0.05) is 36.4 Å². The van der Waals surface area contributed by atoms with E-state index in [9.17, 15) is 0 Å². The van der Waals surface area contributed by atoms with Crippen molar-refractivity contribution in [1.82, 2.24) is 4.98 Å². The summed E-state index contributed by atoms with van der Waals surface area (Å²) in [5, 5.41) is 1.13. The zero-order chi connectivity index (χ0) is 13.2. The van der Waals surface area contributed by atoms with Crippen molar-refractivity contribution in [1.29, 1.82) is 0 Å². The number of halogens is 1. The lowest BCUT2D eigenvalue weighted by molar-refractivity contribution is 1.26. The Bertz CT molecular complexity index is 726. The number of hydrazine groups is 1. The first-order valence-corrected chi connectivity index (χ1v) is 6.98. The molecular formula is C15H12IN3. The zero-order valence-electron chi connectivity index (χ0n) is 10.1. The van der Waals surface area contributed by atoms with Crippen LogP contribution >= 0.6 is 22.6 Å². The van der Waals surface area contributed by atoms with Crippen LogP contribution in [-0.2, 0) is 0 Å². The van der Waals surface area contributed by atoms with Crippen LogP contribution in [0.15, 0.2) is 54.6 Å². The van der Waals surface area contributed by atoms with Gasteiger partial charge in [0.2, 0.25) is 0 Å². The number of rotatable bonds is 2. The first kappa shape index (κ1) is 12.4. The minimum Gasteiger partial charge on any atom is -0.308 e. The molecule has 1 heterocycles. The molecular weight excluding hydrogens is 349 g/mol. The van der Waals surface area contributed by atoms with E-state index in [-0.39, 0.29) is 0 Å². The fraction of sp³-hybridized carbons (Fsp3) is 0. The summed E-state index contributed by atoms with van der Waals surface area (Å²) in [4.78, 5) is 4.50. The average Bonchev–Trinajstić information content (AvgIpc) is 2.46. The van der Waals surface area contributed by atoms with E-state index in [0.29, 0.717) is 5.82 Å². The Labute approximate surface area is 125 Å². The highest BCUT2D eigenvalue weighted by Crippen LogP contribution is 2.30. The summed E-state index contributed by atoms with van der Waals surface area (Å²) in [6.45, 7) is 0. The number of nitrogens with two attached hydrogens (primary N) is 1. The predicted molar refractivity (Wildman–Crippen MR) is 87.7 cm³/mol. The molecule has 0 saturated carbocycles. The molecule has 3 N–H and O–H groups in total. The summed E-state index contributed by atoms with van der Waals surface area (Å²) >= 11 is 2.29. The van der Waals surface area contributed by atoms with Crippen molar-refractivity contribution in [3.63, 3.8) is 0 Å². The molecule has 3 nitrogen and oxygen atoms in total. The summed E-state index contributed by atoms with van der Waals surface area (Å²) in [5.41, 5.74) is 5.87. The molecule has 4 heteroatoms. The number of nitrogens with one attached hydrogen (secondary N) is 1. The molecule has 0 fully saturated rings. The molecule has 0 aliphatic rings. The number of anilines is 1. The SMILES string of the molecule is NNc1cc(-c2ccccc2)c2ccc(I)cc2n1. The minimum absolute atomic E-state index is 0.674. The number of aromatic nitrogens is 1. The van der Waals surface area contributed by atoms with Gasteiger partial charge in [-0.25, -0.2) is 10.8 Å². The van der Waals surface area contributed by atoms with E-state index in [2.05, 4.69) is 63.3 Å². The number of hydrogen-bond acceptors (Lipinski definition) is 3. The van der Waals surface area contributed by atoms with E-state index >= 15 is 0 Å². The molecule has 2 aromatic carbocycles. The lowest BCUT2D eigenvalue weighted by atomic mass is 10.0. The van der Waals surface area contributed by atoms with Crippen molar-refractivity contribution in [2.24, 2.45) is 5.84 Å². The first-order chi connectivity index (χ1) is 9.28. The molecule has 3 rings (SSSR count). The van der Waals surface area contributed by atoms with Crippen LogP contribution in [0.2, 0.25) is 0 Å². The maximum atomic E-state index is 5.51. The Morgan fingerprint density at radius 3 is 2.53 bits per heavy atom. The molecule has 0 bridgehead atoms. The number of nitrogen functional groups attached to an aromatic ring is 1. The van der Waals surface area contributed by atoms with Crippen molar-refractivity contribution in [2.45, 2.75) is 0 Å². The van der Waals surface area contributed by atoms with Crippen molar-refractivity contribution in [2.75, 3.05) is 5.43 Å². The molecule has 0 spiro atoms. The Kier molecular flexibility index (Phi) is 3.35. The monoisotopic (exact) mass is 361 g/mol. The predicted octanol–water partition coefficient (Wildman–Crippen LogP) is 3.79. The number of fused-ring (bicyclic) bond motifs is 1. The van der Waals surface area contributed by atoms with Gasteiger partial charge in [0.25, 0.3) is 0 Å². The molecule has 1 aromatic heterocycles. The molecule has 19 heavy (non-hydrogen) atoms. The van der Waals surface area contributed by atoms with Crippen LogP contribution < -0.4 is 11.3 Å². The lowest BCUT2D eigenvalue weighted by Gasteiger charge is -2.10. The van der Waals surface area contributed by atoms with E-state index in [0.717, 1.165) is 25.6 Å². The average molecular weight is 361 g/mol. The molecule has 0 aliphatic heterocycles. The van der Waals surface area contributed by atoms with E-state index in [1.807, 2.05) is 24.3 Å². The van der Waals surface area contributed by atoms with E-state index in [1.54, 1.807) is 0 Å². The van der Waals surface area contributed by atoms with Gasteiger partial charge in [-0.3, -0.25) is 0 Å². The summed E-state index contributed by atoms with van der Waals surface area (Å²) in [5.74, 6) is 6.19. The molecule has 0 aliphatic carbocycles. The summed E-state index contributed by atoms with van der Waals surface area (Å²) in [6, 6.07) is 18.5. The Balaban J connectivity index is 2.33. The van der Waals surface area contributed by atoms with Crippen LogP contribution in [0, 0.1) is 3.57 Å². The Hall–Kier alpha value is -1.66. The van der Waals surface area contributed by atoms with Gasteiger partial charge < -0.3 is 5.43 Å². The highest BCUT2D eigenvalue weighted by atomic mass is 127. The Morgan fingerprint density at radius 2 is 1.79 bits per heavy atom. The second-order valence-corrected chi connectivity index (χ2v) is 5.47. The largest absolute Gasteiger partial charge is 0.308 e. The maximum absolute atomic E-state index is 5.51. The highest BCUT2D eigenvalue weighted by molar-refractivity contribution is 14.1. The fourth-order valence-corrected chi connectivity index (χ4v) is 2.61. The van der Waals surface area contributed by atoms with E-state index in [4.69, 9.17) is 5.84 Å². The first-order valence-electron chi connectivity index (χ1n) is 5.90. The third-order valence-electron chi connectivity index (χ3n) is 3.00. The van der Waals surface area contributed by atoms with Crippen LogP contribution in [0.3, 0.4) is 0 Å². The topological polar surface area (TPSA) is 50.9 Å². The van der Waals surface area contributed by atoms with Gasteiger partial charge in [-0.15, -0.1) is 0 Å². The van der Waals surface area contributed by atoms with Crippen LogP contribution in [0.5, 0.6) is 0 Å². The number of hydrogen-bond donors (Lipinski definition) is 2. The van der Waals surface area contributed by atoms with Crippen molar-refractivity contribution < 1.29 is 0 Å². The molecule has 3 aromatic rings. The number of benzene rings is 2. The molecule has 0 amide bonds.